The van der Waals surface area contributed by atoms with E-state index in [1.165, 1.54) is 30.3 Å². The van der Waals surface area contributed by atoms with Crippen LogP contribution in [0.25, 0.3) is 0 Å². The van der Waals surface area contributed by atoms with E-state index in [0.29, 0.717) is 0 Å². The van der Waals surface area contributed by atoms with E-state index in [-0.39, 0.29) is 23.4 Å². The average molecular weight is 416 g/mol. The van der Waals surface area contributed by atoms with Crippen LogP contribution in [-0.2, 0) is 21.4 Å². The quantitative estimate of drug-likeness (QED) is 0.754. The standard InChI is InChI=1S/C22H29N3O3S/c1-18-7-6-8-19(15-18)16-25-13-11-20(12-14-25)23-22(26)17-24(2)29(27,28)21-9-4-3-5-10-21/h3-10,15,20H,11-14,16-17H2,1-2H3,(H,23,26). The summed E-state index contributed by atoms with van der Waals surface area (Å²) in [5.74, 6) is -0.260. The fourth-order valence-corrected chi connectivity index (χ4v) is 4.79. The minimum atomic E-state index is -3.66. The first-order valence-corrected chi connectivity index (χ1v) is 11.4. The molecule has 0 atom stereocenters. The van der Waals surface area contributed by atoms with Crippen molar-refractivity contribution >= 4 is 15.9 Å². The van der Waals surface area contributed by atoms with E-state index in [1.807, 2.05) is 0 Å². The first-order valence-electron chi connectivity index (χ1n) is 9.93. The third-order valence-corrected chi connectivity index (χ3v) is 7.08. The highest BCUT2D eigenvalue weighted by Crippen LogP contribution is 2.16. The smallest absolute Gasteiger partial charge is 0.243 e. The Morgan fingerprint density at radius 1 is 1.10 bits per heavy atom. The summed E-state index contributed by atoms with van der Waals surface area (Å²) in [4.78, 5) is 15.0. The second-order valence-electron chi connectivity index (χ2n) is 7.68. The fourth-order valence-electron chi connectivity index (χ4n) is 3.64. The molecule has 29 heavy (non-hydrogen) atoms. The summed E-state index contributed by atoms with van der Waals surface area (Å²) in [6.45, 7) is 4.66. The van der Waals surface area contributed by atoms with Gasteiger partial charge in [0.1, 0.15) is 0 Å². The van der Waals surface area contributed by atoms with Gasteiger partial charge in [-0.2, -0.15) is 4.31 Å². The predicted octanol–water partition coefficient (Wildman–Crippen LogP) is 2.40. The van der Waals surface area contributed by atoms with Crippen molar-refractivity contribution < 1.29 is 13.2 Å². The summed E-state index contributed by atoms with van der Waals surface area (Å²) < 4.78 is 26.2. The molecule has 1 heterocycles. The summed E-state index contributed by atoms with van der Waals surface area (Å²) in [7, 11) is -2.22. The molecule has 1 saturated heterocycles. The molecule has 1 aliphatic heterocycles. The number of sulfonamides is 1. The average Bonchev–Trinajstić information content (AvgIpc) is 2.70. The van der Waals surface area contributed by atoms with Crippen molar-refractivity contribution in [3.05, 3.63) is 65.7 Å². The predicted molar refractivity (Wildman–Crippen MR) is 114 cm³/mol. The number of likely N-dealkylation sites (tertiary alicyclic amines) is 1. The molecule has 156 valence electrons. The maximum Gasteiger partial charge on any atom is 0.243 e. The van der Waals surface area contributed by atoms with E-state index in [9.17, 15) is 13.2 Å². The van der Waals surface area contributed by atoms with Gasteiger partial charge in [-0.05, 0) is 37.5 Å². The van der Waals surface area contributed by atoms with E-state index >= 15 is 0 Å². The van der Waals surface area contributed by atoms with Gasteiger partial charge in [0.2, 0.25) is 15.9 Å². The molecule has 2 aromatic rings. The van der Waals surface area contributed by atoms with Crippen LogP contribution in [0.2, 0.25) is 0 Å². The van der Waals surface area contributed by atoms with Crippen molar-refractivity contribution in [1.29, 1.82) is 0 Å². The second kappa shape index (κ2) is 9.52. The molecular formula is C22H29N3O3S. The van der Waals surface area contributed by atoms with Crippen LogP contribution in [0.5, 0.6) is 0 Å². The molecule has 0 radical (unpaired) electrons. The first-order chi connectivity index (χ1) is 13.8. The number of likely N-dealkylation sites (N-methyl/N-ethyl adjacent to an activating group) is 1. The highest BCUT2D eigenvalue weighted by molar-refractivity contribution is 7.89. The molecule has 0 unspecified atom stereocenters. The lowest BCUT2D eigenvalue weighted by atomic mass is 10.0. The van der Waals surface area contributed by atoms with Crippen molar-refractivity contribution in [2.75, 3.05) is 26.7 Å². The minimum Gasteiger partial charge on any atom is -0.352 e. The summed E-state index contributed by atoms with van der Waals surface area (Å²) in [5.41, 5.74) is 2.57. The van der Waals surface area contributed by atoms with Crippen molar-refractivity contribution in [2.24, 2.45) is 0 Å². The number of nitrogens with zero attached hydrogens (tertiary/aromatic N) is 2. The molecule has 3 rings (SSSR count). The molecule has 6 nitrogen and oxygen atoms in total. The summed E-state index contributed by atoms with van der Waals surface area (Å²) in [6, 6.07) is 16.8. The van der Waals surface area contributed by atoms with Gasteiger partial charge >= 0.3 is 0 Å². The molecule has 0 saturated carbocycles. The first kappa shape index (κ1) is 21.5. The van der Waals surface area contributed by atoms with Gasteiger partial charge in [-0.15, -0.1) is 0 Å². The molecule has 1 fully saturated rings. The van der Waals surface area contributed by atoms with Crippen molar-refractivity contribution in [3.8, 4) is 0 Å². The highest BCUT2D eigenvalue weighted by Gasteiger charge is 2.25. The van der Waals surface area contributed by atoms with E-state index in [4.69, 9.17) is 0 Å². The van der Waals surface area contributed by atoms with Crippen LogP contribution in [0.15, 0.2) is 59.5 Å². The maximum atomic E-state index is 12.5. The van der Waals surface area contributed by atoms with Crippen LogP contribution in [-0.4, -0.2) is 56.3 Å². The van der Waals surface area contributed by atoms with E-state index < -0.39 is 10.0 Å². The van der Waals surface area contributed by atoms with Crippen molar-refractivity contribution in [2.45, 2.75) is 37.2 Å². The maximum absolute atomic E-state index is 12.5. The van der Waals surface area contributed by atoms with Crippen LogP contribution >= 0.6 is 0 Å². The van der Waals surface area contributed by atoms with Gasteiger partial charge in [-0.3, -0.25) is 9.69 Å². The molecule has 1 aliphatic rings. The molecule has 0 aliphatic carbocycles. The third kappa shape index (κ3) is 5.88. The van der Waals surface area contributed by atoms with Gasteiger partial charge in [0.05, 0.1) is 11.4 Å². The summed E-state index contributed by atoms with van der Waals surface area (Å²) in [6.07, 6.45) is 1.74. The fraction of sp³-hybridized carbons (Fsp3) is 0.409. The lowest BCUT2D eigenvalue weighted by molar-refractivity contribution is -0.122. The number of carbonyl (C=O) groups is 1. The Balaban J connectivity index is 1.46. The number of hydrogen-bond acceptors (Lipinski definition) is 4. The number of rotatable bonds is 7. The normalized spacial score (nSPS) is 16.1. The Hall–Kier alpha value is -2.22. The van der Waals surface area contributed by atoms with E-state index in [2.05, 4.69) is 41.4 Å². The lowest BCUT2D eigenvalue weighted by Gasteiger charge is -2.32. The molecule has 2 aromatic carbocycles. The van der Waals surface area contributed by atoms with Gasteiger partial charge in [0.15, 0.2) is 0 Å². The Morgan fingerprint density at radius 3 is 2.45 bits per heavy atom. The van der Waals surface area contributed by atoms with E-state index in [1.54, 1.807) is 18.2 Å². The van der Waals surface area contributed by atoms with E-state index in [0.717, 1.165) is 36.8 Å². The number of hydrogen-bond donors (Lipinski definition) is 1. The second-order valence-corrected chi connectivity index (χ2v) is 9.73. The van der Waals surface area contributed by atoms with Crippen LogP contribution in [0.1, 0.15) is 24.0 Å². The number of aryl methyl sites for hydroxylation is 1. The van der Waals surface area contributed by atoms with Gasteiger partial charge in [0.25, 0.3) is 0 Å². The Kier molecular flexibility index (Phi) is 7.05. The molecule has 0 spiro atoms. The molecule has 1 amide bonds. The summed E-state index contributed by atoms with van der Waals surface area (Å²) in [5, 5.41) is 3.00. The number of carbonyl (C=O) groups excluding carboxylic acids is 1. The van der Waals surface area contributed by atoms with Crippen molar-refractivity contribution in [1.82, 2.24) is 14.5 Å². The number of nitrogens with one attached hydrogen (secondary N) is 1. The Labute approximate surface area is 173 Å². The number of amides is 1. The zero-order valence-corrected chi connectivity index (χ0v) is 17.9. The highest BCUT2D eigenvalue weighted by atomic mass is 32.2. The van der Waals surface area contributed by atoms with Gasteiger partial charge in [-0.25, -0.2) is 8.42 Å². The third-order valence-electron chi connectivity index (χ3n) is 5.26. The Bertz CT molecular complexity index is 923. The molecule has 0 bridgehead atoms. The number of piperidine rings is 1. The van der Waals surface area contributed by atoms with Crippen molar-refractivity contribution in [3.63, 3.8) is 0 Å². The Morgan fingerprint density at radius 2 is 1.79 bits per heavy atom. The van der Waals surface area contributed by atoms with Crippen LogP contribution in [0.4, 0.5) is 0 Å². The monoisotopic (exact) mass is 415 g/mol. The van der Waals surface area contributed by atoms with Gasteiger partial charge < -0.3 is 5.32 Å². The molecular weight excluding hydrogens is 386 g/mol. The lowest BCUT2D eigenvalue weighted by Crippen LogP contribution is -2.47. The molecule has 1 N–H and O–H groups in total. The zero-order valence-electron chi connectivity index (χ0n) is 17.0. The summed E-state index contributed by atoms with van der Waals surface area (Å²) >= 11 is 0. The minimum absolute atomic E-state index is 0.0871. The largest absolute Gasteiger partial charge is 0.352 e. The number of benzene rings is 2. The van der Waals surface area contributed by atoms with Crippen LogP contribution in [0, 0.1) is 6.92 Å². The SMILES string of the molecule is Cc1cccc(CN2CCC(NC(=O)CN(C)S(=O)(=O)c3ccccc3)CC2)c1. The molecule has 7 heteroatoms. The van der Waals surface area contributed by atoms with Gasteiger partial charge in [0, 0.05) is 32.7 Å². The molecule has 0 aromatic heterocycles. The van der Waals surface area contributed by atoms with Gasteiger partial charge in [-0.1, -0.05) is 48.0 Å². The van der Waals surface area contributed by atoms with Crippen LogP contribution < -0.4 is 5.32 Å². The topological polar surface area (TPSA) is 69.7 Å². The zero-order chi connectivity index (χ0) is 20.9. The van der Waals surface area contributed by atoms with Crippen LogP contribution in [0.3, 0.4) is 0 Å².